The van der Waals surface area contributed by atoms with E-state index in [0.29, 0.717) is 32.5 Å². The molecule has 0 fully saturated rings. The van der Waals surface area contributed by atoms with Crippen molar-refractivity contribution in [1.29, 1.82) is 0 Å². The van der Waals surface area contributed by atoms with E-state index < -0.39 is 15.8 Å². The number of nitrogens with one attached hydrogen (secondary N) is 1. The number of aromatic nitrogens is 2. The maximum Gasteiger partial charge on any atom is 0.268 e. The molecule has 1 N–H and O–H groups in total. The number of nitrogens with zero attached hydrogens (tertiary/aromatic N) is 2. The van der Waals surface area contributed by atoms with Crippen LogP contribution in [0.3, 0.4) is 0 Å². The average molecular weight is 476 g/mol. The summed E-state index contributed by atoms with van der Waals surface area (Å²) < 4.78 is 57.7. The van der Waals surface area contributed by atoms with Crippen LogP contribution in [0.4, 0.5) is 10.1 Å². The summed E-state index contributed by atoms with van der Waals surface area (Å²) in [6.07, 6.45) is 0. The fourth-order valence-corrected chi connectivity index (χ4v) is 5.58. The fraction of sp³-hybridized carbons (Fsp3) is 0.143. The number of anilines is 1. The van der Waals surface area contributed by atoms with Gasteiger partial charge in [-0.05, 0) is 37.3 Å². The molecule has 0 saturated heterocycles. The molecule has 0 aliphatic rings. The van der Waals surface area contributed by atoms with Gasteiger partial charge in [-0.25, -0.2) is 12.8 Å². The lowest BCUT2D eigenvalue weighted by Gasteiger charge is -2.11. The van der Waals surface area contributed by atoms with E-state index in [4.69, 9.17) is 14.0 Å². The molecule has 2 aromatic heterocycles. The summed E-state index contributed by atoms with van der Waals surface area (Å²) in [5.41, 5.74) is 0.775. The number of hydrogen-bond donors (Lipinski definition) is 1. The van der Waals surface area contributed by atoms with Gasteiger partial charge >= 0.3 is 0 Å². The van der Waals surface area contributed by atoms with Crippen molar-refractivity contribution in [2.75, 3.05) is 18.9 Å². The molecule has 0 aliphatic carbocycles. The van der Waals surface area contributed by atoms with E-state index in [9.17, 15) is 12.8 Å². The largest absolute Gasteiger partial charge is 0.493 e. The lowest BCUT2D eigenvalue weighted by atomic mass is 10.2. The van der Waals surface area contributed by atoms with Crippen LogP contribution in [0.2, 0.25) is 0 Å². The topological polar surface area (TPSA) is 104 Å². The summed E-state index contributed by atoms with van der Waals surface area (Å²) in [6, 6.07) is 12.0. The third kappa shape index (κ3) is 4.30. The zero-order valence-electron chi connectivity index (χ0n) is 17.2. The van der Waals surface area contributed by atoms with Crippen LogP contribution in [0.5, 0.6) is 11.5 Å². The zero-order valence-corrected chi connectivity index (χ0v) is 18.9. The van der Waals surface area contributed by atoms with Gasteiger partial charge in [0.15, 0.2) is 11.5 Å². The molecule has 2 aromatic carbocycles. The Morgan fingerprint density at radius 3 is 2.56 bits per heavy atom. The summed E-state index contributed by atoms with van der Waals surface area (Å²) in [4.78, 5) is 5.37. The van der Waals surface area contributed by atoms with Gasteiger partial charge in [-0.2, -0.15) is 4.98 Å². The molecular formula is C21H18FN3O5S2. The lowest BCUT2D eigenvalue weighted by Crippen LogP contribution is -2.13. The Morgan fingerprint density at radius 1 is 1.06 bits per heavy atom. The summed E-state index contributed by atoms with van der Waals surface area (Å²) in [7, 11) is -0.941. The molecule has 4 aromatic rings. The Bertz CT molecular complexity index is 1380. The number of sulfonamides is 1. The van der Waals surface area contributed by atoms with Gasteiger partial charge < -0.3 is 14.0 Å². The number of methoxy groups -OCH3 is 2. The quantitative estimate of drug-likeness (QED) is 0.412. The molecule has 166 valence electrons. The Labute approximate surface area is 187 Å². The molecular weight excluding hydrogens is 457 g/mol. The van der Waals surface area contributed by atoms with Crippen molar-refractivity contribution >= 4 is 27.0 Å². The molecule has 0 unspecified atom stereocenters. The van der Waals surface area contributed by atoms with Gasteiger partial charge in [0.2, 0.25) is 5.82 Å². The first kappa shape index (κ1) is 21.8. The highest BCUT2D eigenvalue weighted by Gasteiger charge is 2.23. The number of thiophene rings is 1. The normalized spacial score (nSPS) is 11.4. The third-order valence-corrected chi connectivity index (χ3v) is 7.19. The van der Waals surface area contributed by atoms with Crippen molar-refractivity contribution in [2.45, 2.75) is 11.8 Å². The summed E-state index contributed by atoms with van der Waals surface area (Å²) in [6.45, 7) is 1.68. The van der Waals surface area contributed by atoms with E-state index in [1.54, 1.807) is 31.2 Å². The van der Waals surface area contributed by atoms with E-state index in [1.165, 1.54) is 49.8 Å². The number of benzene rings is 2. The SMILES string of the molecule is COc1ccc(NS(=O)(=O)c2cc(-c3nc(-c4cccc(F)c4)no3)sc2C)cc1OC. The monoisotopic (exact) mass is 475 g/mol. The predicted octanol–water partition coefficient (Wildman–Crippen LogP) is 4.73. The molecule has 0 bridgehead atoms. The number of aryl methyl sites for hydroxylation is 1. The van der Waals surface area contributed by atoms with Crippen molar-refractivity contribution in [3.8, 4) is 33.7 Å². The van der Waals surface area contributed by atoms with Crippen LogP contribution in [0, 0.1) is 12.7 Å². The first-order chi connectivity index (χ1) is 15.3. The van der Waals surface area contributed by atoms with Crippen LogP contribution in [0.25, 0.3) is 22.2 Å². The predicted molar refractivity (Wildman–Crippen MR) is 118 cm³/mol. The second-order valence-electron chi connectivity index (χ2n) is 6.64. The number of ether oxygens (including phenoxy) is 2. The standard InChI is InChI=1S/C21H18FN3O5S2/c1-12-19(32(26,27)25-15-7-8-16(28-2)17(10-15)29-3)11-18(31-12)21-23-20(24-30-21)13-5-4-6-14(22)9-13/h4-11,25H,1-3H3. The molecule has 0 aliphatic heterocycles. The van der Waals surface area contributed by atoms with E-state index >= 15 is 0 Å². The maximum absolute atomic E-state index is 13.5. The van der Waals surface area contributed by atoms with Crippen molar-refractivity contribution in [3.05, 3.63) is 59.2 Å². The summed E-state index contributed by atoms with van der Waals surface area (Å²) in [5, 5.41) is 3.87. The molecule has 4 rings (SSSR count). The number of hydrogen-bond acceptors (Lipinski definition) is 8. The first-order valence-electron chi connectivity index (χ1n) is 9.26. The van der Waals surface area contributed by atoms with Crippen LogP contribution in [0.15, 0.2) is 57.9 Å². The van der Waals surface area contributed by atoms with Gasteiger partial charge in [-0.1, -0.05) is 17.3 Å². The third-order valence-electron chi connectivity index (χ3n) is 4.52. The van der Waals surface area contributed by atoms with Gasteiger partial charge in [0, 0.05) is 16.5 Å². The number of rotatable bonds is 7. The van der Waals surface area contributed by atoms with Crippen molar-refractivity contribution < 1.29 is 26.8 Å². The average Bonchev–Trinajstić information content (AvgIpc) is 3.40. The highest BCUT2D eigenvalue weighted by atomic mass is 32.2. The van der Waals surface area contributed by atoms with Gasteiger partial charge in [0.05, 0.1) is 24.8 Å². The van der Waals surface area contributed by atoms with Crippen LogP contribution in [0.1, 0.15) is 4.88 Å². The van der Waals surface area contributed by atoms with Gasteiger partial charge in [-0.3, -0.25) is 4.72 Å². The lowest BCUT2D eigenvalue weighted by molar-refractivity contribution is 0.355. The second-order valence-corrected chi connectivity index (χ2v) is 9.55. The van der Waals surface area contributed by atoms with Gasteiger partial charge in [-0.15, -0.1) is 11.3 Å². The highest BCUT2D eigenvalue weighted by Crippen LogP contribution is 2.35. The zero-order chi connectivity index (χ0) is 22.9. The highest BCUT2D eigenvalue weighted by molar-refractivity contribution is 7.93. The van der Waals surface area contributed by atoms with Crippen LogP contribution < -0.4 is 14.2 Å². The minimum Gasteiger partial charge on any atom is -0.493 e. The summed E-state index contributed by atoms with van der Waals surface area (Å²) >= 11 is 1.20. The fourth-order valence-electron chi connectivity index (χ4n) is 3.02. The van der Waals surface area contributed by atoms with Gasteiger partial charge in [0.25, 0.3) is 15.9 Å². The molecule has 0 atom stereocenters. The van der Waals surface area contributed by atoms with Crippen LogP contribution in [-0.4, -0.2) is 32.8 Å². The smallest absolute Gasteiger partial charge is 0.268 e. The van der Waals surface area contributed by atoms with Gasteiger partial charge in [0.1, 0.15) is 10.7 Å². The Hall–Kier alpha value is -3.44. The minimum atomic E-state index is -3.90. The molecule has 11 heteroatoms. The Balaban J connectivity index is 1.62. The molecule has 0 spiro atoms. The number of halogens is 1. The molecule has 0 saturated carbocycles. The van der Waals surface area contributed by atoms with E-state index in [0.717, 1.165) is 0 Å². The van der Waals surface area contributed by atoms with Crippen molar-refractivity contribution in [3.63, 3.8) is 0 Å². The van der Waals surface area contributed by atoms with Crippen molar-refractivity contribution in [2.24, 2.45) is 0 Å². The Kier molecular flexibility index (Phi) is 5.85. The molecule has 32 heavy (non-hydrogen) atoms. The Morgan fingerprint density at radius 2 is 1.84 bits per heavy atom. The van der Waals surface area contributed by atoms with Crippen molar-refractivity contribution in [1.82, 2.24) is 10.1 Å². The molecule has 0 radical (unpaired) electrons. The van der Waals surface area contributed by atoms with E-state index in [-0.39, 0.29) is 16.6 Å². The molecule has 8 nitrogen and oxygen atoms in total. The maximum atomic E-state index is 13.5. The minimum absolute atomic E-state index is 0.0813. The van der Waals surface area contributed by atoms with Crippen LogP contribution >= 0.6 is 11.3 Å². The first-order valence-corrected chi connectivity index (χ1v) is 11.6. The van der Waals surface area contributed by atoms with E-state index in [1.807, 2.05) is 0 Å². The molecule has 2 heterocycles. The van der Waals surface area contributed by atoms with E-state index in [2.05, 4.69) is 14.9 Å². The van der Waals surface area contributed by atoms with Crippen LogP contribution in [-0.2, 0) is 10.0 Å². The molecule has 0 amide bonds. The summed E-state index contributed by atoms with van der Waals surface area (Å²) in [5.74, 6) is 0.805. The second kappa shape index (κ2) is 8.60.